The fourth-order valence-electron chi connectivity index (χ4n) is 2.14. The molecule has 2 rings (SSSR count). The Kier molecular flexibility index (Phi) is 5.14. The molecule has 0 N–H and O–H groups in total. The van der Waals surface area contributed by atoms with Crippen molar-refractivity contribution in [1.29, 1.82) is 0 Å². The van der Waals surface area contributed by atoms with Gasteiger partial charge in [0.1, 0.15) is 0 Å². The molecule has 1 atom stereocenters. The highest BCUT2D eigenvalue weighted by atomic mass is 35.5. The molecule has 2 aromatic rings. The Morgan fingerprint density at radius 1 is 1.26 bits per heavy atom. The number of likely N-dealkylation sites (N-methyl/N-ethyl adjacent to an activating group) is 1. The molecule has 0 aliphatic carbocycles. The average Bonchev–Trinajstić information content (AvgIpc) is 2.90. The normalized spacial score (nSPS) is 12.4. The quantitative estimate of drug-likeness (QED) is 0.685. The van der Waals surface area contributed by atoms with Crippen LogP contribution in [0.4, 0.5) is 5.69 Å². The van der Waals surface area contributed by atoms with Gasteiger partial charge in [-0.2, -0.15) is 0 Å². The van der Waals surface area contributed by atoms with Crippen LogP contribution >= 0.6 is 34.5 Å². The van der Waals surface area contributed by atoms with Crippen molar-refractivity contribution >= 4 is 40.2 Å². The molecule has 0 saturated heterocycles. The maximum atomic E-state index is 6.33. The Balaban J connectivity index is 2.21. The maximum Gasteiger partial charge on any atom is 0.0642 e. The lowest BCUT2D eigenvalue weighted by molar-refractivity contribution is 0.686. The smallest absolute Gasteiger partial charge is 0.0642 e. The molecule has 0 saturated carbocycles. The van der Waals surface area contributed by atoms with Gasteiger partial charge >= 0.3 is 0 Å². The molecule has 0 spiro atoms. The summed E-state index contributed by atoms with van der Waals surface area (Å²) >= 11 is 14.1. The van der Waals surface area contributed by atoms with Crippen molar-refractivity contribution in [3.05, 3.63) is 51.2 Å². The number of hydrogen-bond acceptors (Lipinski definition) is 2. The van der Waals surface area contributed by atoms with E-state index in [0.717, 1.165) is 22.7 Å². The van der Waals surface area contributed by atoms with Crippen LogP contribution in [0.25, 0.3) is 0 Å². The lowest BCUT2D eigenvalue weighted by atomic mass is 10.1. The van der Waals surface area contributed by atoms with Gasteiger partial charge in [-0.25, -0.2) is 0 Å². The summed E-state index contributed by atoms with van der Waals surface area (Å²) in [4.78, 5) is 3.61. The number of para-hydroxylation sites is 1. The standard InChI is InChI=1S/C15H17Cl2NS/c1-11(9-13-6-4-8-19-13)18(2)15-12(10-16)5-3-7-14(15)17/h3-8,11H,9-10H2,1-2H3. The third-order valence-electron chi connectivity index (χ3n) is 3.30. The van der Waals surface area contributed by atoms with Gasteiger partial charge in [0.2, 0.25) is 0 Å². The van der Waals surface area contributed by atoms with Crippen LogP contribution in [-0.4, -0.2) is 13.1 Å². The van der Waals surface area contributed by atoms with Crippen LogP contribution < -0.4 is 4.90 Å². The number of nitrogens with zero attached hydrogens (tertiary/aromatic N) is 1. The van der Waals surface area contributed by atoms with Crippen molar-refractivity contribution in [1.82, 2.24) is 0 Å². The SMILES string of the molecule is CC(Cc1cccs1)N(C)c1c(Cl)cccc1CCl. The highest BCUT2D eigenvalue weighted by Gasteiger charge is 2.17. The van der Waals surface area contributed by atoms with Gasteiger partial charge in [-0.3, -0.25) is 0 Å². The van der Waals surface area contributed by atoms with E-state index in [1.165, 1.54) is 4.88 Å². The molecule has 1 aromatic carbocycles. The summed E-state index contributed by atoms with van der Waals surface area (Å²) < 4.78 is 0. The summed E-state index contributed by atoms with van der Waals surface area (Å²) in [6.45, 7) is 2.21. The van der Waals surface area contributed by atoms with Crippen LogP contribution in [-0.2, 0) is 12.3 Å². The Morgan fingerprint density at radius 2 is 2.05 bits per heavy atom. The minimum atomic E-state index is 0.375. The average molecular weight is 314 g/mol. The molecule has 0 fully saturated rings. The van der Waals surface area contributed by atoms with Gasteiger partial charge in [0.25, 0.3) is 0 Å². The van der Waals surface area contributed by atoms with E-state index in [1.54, 1.807) is 11.3 Å². The van der Waals surface area contributed by atoms with Gasteiger partial charge in [0.05, 0.1) is 10.7 Å². The number of benzene rings is 1. The van der Waals surface area contributed by atoms with Crippen molar-refractivity contribution in [2.75, 3.05) is 11.9 Å². The minimum Gasteiger partial charge on any atom is -0.370 e. The van der Waals surface area contributed by atoms with Crippen LogP contribution in [0.5, 0.6) is 0 Å². The molecular weight excluding hydrogens is 297 g/mol. The van der Waals surface area contributed by atoms with Gasteiger partial charge in [-0.05, 0) is 30.0 Å². The molecule has 1 aromatic heterocycles. The molecule has 1 unspecified atom stereocenters. The summed E-state index contributed by atoms with van der Waals surface area (Å²) in [5.41, 5.74) is 2.12. The van der Waals surface area contributed by atoms with Gasteiger partial charge < -0.3 is 4.90 Å². The molecular formula is C15H17Cl2NS. The summed E-state index contributed by atoms with van der Waals surface area (Å²) in [6, 6.07) is 10.5. The van der Waals surface area contributed by atoms with Gasteiger partial charge in [0.15, 0.2) is 0 Å². The largest absolute Gasteiger partial charge is 0.370 e. The van der Waals surface area contributed by atoms with E-state index >= 15 is 0 Å². The Morgan fingerprint density at radius 3 is 2.68 bits per heavy atom. The van der Waals surface area contributed by atoms with E-state index in [-0.39, 0.29) is 0 Å². The van der Waals surface area contributed by atoms with Crippen molar-refractivity contribution in [2.45, 2.75) is 25.3 Å². The fourth-order valence-corrected chi connectivity index (χ4v) is 3.51. The lowest BCUT2D eigenvalue weighted by Gasteiger charge is -2.29. The van der Waals surface area contributed by atoms with Crippen molar-refractivity contribution in [3.63, 3.8) is 0 Å². The van der Waals surface area contributed by atoms with Crippen LogP contribution in [0, 0.1) is 0 Å². The van der Waals surface area contributed by atoms with Crippen LogP contribution in [0.15, 0.2) is 35.7 Å². The van der Waals surface area contributed by atoms with E-state index in [0.29, 0.717) is 11.9 Å². The Hall–Kier alpha value is -0.700. The second kappa shape index (κ2) is 6.65. The first-order valence-corrected chi connectivity index (χ1v) is 8.01. The third-order valence-corrected chi connectivity index (χ3v) is 4.80. The third kappa shape index (κ3) is 3.44. The monoisotopic (exact) mass is 313 g/mol. The zero-order chi connectivity index (χ0) is 13.8. The van der Waals surface area contributed by atoms with E-state index in [9.17, 15) is 0 Å². The van der Waals surface area contributed by atoms with Gasteiger partial charge in [0, 0.05) is 30.3 Å². The molecule has 19 heavy (non-hydrogen) atoms. The number of alkyl halides is 1. The topological polar surface area (TPSA) is 3.24 Å². The zero-order valence-corrected chi connectivity index (χ0v) is 13.4. The summed E-state index contributed by atoms with van der Waals surface area (Å²) in [6.07, 6.45) is 1.01. The van der Waals surface area contributed by atoms with Crippen LogP contribution in [0.1, 0.15) is 17.4 Å². The highest BCUT2D eigenvalue weighted by Crippen LogP contribution is 2.32. The summed E-state index contributed by atoms with van der Waals surface area (Å²) in [5, 5.41) is 2.88. The molecule has 0 radical (unpaired) electrons. The molecule has 102 valence electrons. The van der Waals surface area contributed by atoms with Crippen molar-refractivity contribution in [3.8, 4) is 0 Å². The van der Waals surface area contributed by atoms with E-state index < -0.39 is 0 Å². The predicted molar refractivity (Wildman–Crippen MR) is 86.9 cm³/mol. The van der Waals surface area contributed by atoms with E-state index in [1.807, 2.05) is 18.2 Å². The lowest BCUT2D eigenvalue weighted by Crippen LogP contribution is -2.31. The first-order chi connectivity index (χ1) is 9.13. The second-order valence-corrected chi connectivity index (χ2v) is 6.33. The van der Waals surface area contributed by atoms with Crippen LogP contribution in [0.3, 0.4) is 0 Å². The summed E-state index contributed by atoms with van der Waals surface area (Å²) in [5.74, 6) is 0.478. The molecule has 1 heterocycles. The number of halogens is 2. The first-order valence-electron chi connectivity index (χ1n) is 6.22. The molecule has 0 aliphatic rings. The Labute approximate surface area is 128 Å². The van der Waals surface area contributed by atoms with E-state index in [4.69, 9.17) is 23.2 Å². The van der Waals surface area contributed by atoms with Crippen LogP contribution in [0.2, 0.25) is 5.02 Å². The predicted octanol–water partition coefficient (Wildman–Crippen LogP) is 5.21. The molecule has 1 nitrogen and oxygen atoms in total. The van der Waals surface area contributed by atoms with Gasteiger partial charge in [-0.15, -0.1) is 22.9 Å². The minimum absolute atomic E-state index is 0.375. The molecule has 0 amide bonds. The molecule has 0 aliphatic heterocycles. The fraction of sp³-hybridized carbons (Fsp3) is 0.333. The Bertz CT molecular complexity index is 525. The number of hydrogen-bond donors (Lipinski definition) is 0. The number of anilines is 1. The number of thiophene rings is 1. The number of rotatable bonds is 5. The van der Waals surface area contributed by atoms with Crippen molar-refractivity contribution < 1.29 is 0 Å². The molecule has 4 heteroatoms. The second-order valence-electron chi connectivity index (χ2n) is 4.62. The van der Waals surface area contributed by atoms with Gasteiger partial charge in [-0.1, -0.05) is 29.8 Å². The van der Waals surface area contributed by atoms with Crippen molar-refractivity contribution in [2.24, 2.45) is 0 Å². The molecule has 0 bridgehead atoms. The van der Waals surface area contributed by atoms with E-state index in [2.05, 4.69) is 36.4 Å². The zero-order valence-electron chi connectivity index (χ0n) is 11.1. The summed E-state index contributed by atoms with van der Waals surface area (Å²) in [7, 11) is 2.08. The first kappa shape index (κ1) is 14.7. The highest BCUT2D eigenvalue weighted by molar-refractivity contribution is 7.09. The maximum absolute atomic E-state index is 6.33.